The lowest BCUT2D eigenvalue weighted by Crippen LogP contribution is -2.28. The van der Waals surface area contributed by atoms with Gasteiger partial charge in [-0.05, 0) is 54.8 Å². The van der Waals surface area contributed by atoms with E-state index in [1.54, 1.807) is 42.5 Å². The summed E-state index contributed by atoms with van der Waals surface area (Å²) in [5.41, 5.74) is 2.86. The third kappa shape index (κ3) is 4.87. The van der Waals surface area contributed by atoms with Gasteiger partial charge in [-0.1, -0.05) is 42.0 Å². The maximum absolute atomic E-state index is 14.9. The molecule has 0 radical (unpaired) electrons. The molecular weight excluding hydrogens is 476 g/mol. The summed E-state index contributed by atoms with van der Waals surface area (Å²) in [6.07, 6.45) is -2.53. The number of nitrogens with zero attached hydrogens (tertiary/aromatic N) is 1. The van der Waals surface area contributed by atoms with Crippen molar-refractivity contribution in [2.75, 3.05) is 6.61 Å². The molecule has 0 aliphatic carbocycles. The Balaban J connectivity index is 1.56. The number of benzene rings is 3. The Labute approximate surface area is 202 Å². The summed E-state index contributed by atoms with van der Waals surface area (Å²) in [5.74, 6) is -3.26. The number of hydrogen-bond donors (Lipinski definition) is 0. The van der Waals surface area contributed by atoms with Gasteiger partial charge in [0.1, 0.15) is 5.82 Å². The standard InChI is InChI=1S/C26H23F2NO5S/c1-3-34-26(31)24(28)25(30)18-8-11-22(23(27)13-18)17-6-7-19-14-29(15-20(19)12-17)35(32,33)21-9-4-16(2)5-10-21/h4-13,24H,3,14-15H2,1-2H3. The van der Waals surface area contributed by atoms with Crippen molar-refractivity contribution in [3.8, 4) is 11.1 Å². The normalized spacial score (nSPS) is 14.4. The number of ketones is 1. The molecule has 9 heteroatoms. The summed E-state index contributed by atoms with van der Waals surface area (Å²) < 4.78 is 60.9. The Hall–Kier alpha value is -3.43. The number of ether oxygens (including phenoxy) is 1. The molecule has 35 heavy (non-hydrogen) atoms. The molecular formula is C26H23F2NO5S. The first-order valence-electron chi connectivity index (χ1n) is 10.9. The maximum atomic E-state index is 14.9. The molecule has 6 nitrogen and oxygen atoms in total. The van der Waals surface area contributed by atoms with Crippen LogP contribution in [0, 0.1) is 12.7 Å². The van der Waals surface area contributed by atoms with E-state index in [2.05, 4.69) is 4.74 Å². The first-order chi connectivity index (χ1) is 16.6. The average molecular weight is 500 g/mol. The molecule has 0 bridgehead atoms. The van der Waals surface area contributed by atoms with Crippen LogP contribution < -0.4 is 0 Å². The quantitative estimate of drug-likeness (QED) is 0.270. The minimum Gasteiger partial charge on any atom is -0.463 e. The van der Waals surface area contributed by atoms with Gasteiger partial charge in [-0.25, -0.2) is 22.0 Å². The van der Waals surface area contributed by atoms with Crippen LogP contribution >= 0.6 is 0 Å². The smallest absolute Gasteiger partial charge is 0.348 e. The van der Waals surface area contributed by atoms with Crippen molar-refractivity contribution in [1.82, 2.24) is 4.31 Å². The van der Waals surface area contributed by atoms with Crippen LogP contribution in [0.25, 0.3) is 11.1 Å². The molecule has 4 rings (SSSR count). The Morgan fingerprint density at radius 1 is 1.00 bits per heavy atom. The molecule has 0 amide bonds. The number of carbonyl (C=O) groups is 2. The highest BCUT2D eigenvalue weighted by Gasteiger charge is 2.31. The summed E-state index contributed by atoms with van der Waals surface area (Å²) in [4.78, 5) is 23.9. The molecule has 1 aliphatic rings. The number of carbonyl (C=O) groups excluding carboxylic acids is 2. The zero-order valence-corrected chi connectivity index (χ0v) is 19.9. The predicted molar refractivity (Wildman–Crippen MR) is 125 cm³/mol. The van der Waals surface area contributed by atoms with E-state index in [1.807, 2.05) is 6.92 Å². The molecule has 1 unspecified atom stereocenters. The van der Waals surface area contributed by atoms with Gasteiger partial charge in [0.15, 0.2) is 0 Å². The van der Waals surface area contributed by atoms with Crippen molar-refractivity contribution in [3.05, 3.63) is 88.7 Å². The van der Waals surface area contributed by atoms with Crippen LogP contribution in [0.5, 0.6) is 0 Å². The lowest BCUT2D eigenvalue weighted by molar-refractivity contribution is -0.147. The van der Waals surface area contributed by atoms with Crippen LogP contribution in [0.15, 0.2) is 65.6 Å². The topological polar surface area (TPSA) is 80.8 Å². The van der Waals surface area contributed by atoms with Crippen LogP contribution in [0.1, 0.15) is 34.0 Å². The summed E-state index contributed by atoms with van der Waals surface area (Å²) in [6.45, 7) is 3.62. The molecule has 1 heterocycles. The van der Waals surface area contributed by atoms with Gasteiger partial charge in [0.2, 0.25) is 15.8 Å². The third-order valence-corrected chi connectivity index (χ3v) is 7.65. The summed E-state index contributed by atoms with van der Waals surface area (Å²) in [5, 5.41) is 0. The van der Waals surface area contributed by atoms with E-state index in [0.29, 0.717) is 5.56 Å². The fourth-order valence-electron chi connectivity index (χ4n) is 3.93. The first kappa shape index (κ1) is 24.7. The number of aryl methyl sites for hydroxylation is 1. The average Bonchev–Trinajstić information content (AvgIpc) is 3.28. The first-order valence-corrected chi connectivity index (χ1v) is 12.4. The zero-order chi connectivity index (χ0) is 25.3. The lowest BCUT2D eigenvalue weighted by atomic mass is 9.97. The monoisotopic (exact) mass is 499 g/mol. The fraction of sp³-hybridized carbons (Fsp3) is 0.231. The van der Waals surface area contributed by atoms with Gasteiger partial charge in [-0.2, -0.15) is 4.31 Å². The van der Waals surface area contributed by atoms with Crippen molar-refractivity contribution >= 4 is 21.8 Å². The van der Waals surface area contributed by atoms with Crippen LogP contribution in [-0.2, 0) is 32.6 Å². The van der Waals surface area contributed by atoms with E-state index in [4.69, 9.17) is 0 Å². The van der Waals surface area contributed by atoms with Gasteiger partial charge in [-0.15, -0.1) is 0 Å². The highest BCUT2D eigenvalue weighted by Crippen LogP contribution is 2.33. The number of alkyl halides is 1. The summed E-state index contributed by atoms with van der Waals surface area (Å²) >= 11 is 0. The SMILES string of the molecule is CCOC(=O)C(F)C(=O)c1ccc(-c2ccc3c(c2)CN(S(=O)(=O)c2ccc(C)cc2)C3)c(F)c1. The molecule has 1 atom stereocenters. The number of halogens is 2. The summed E-state index contributed by atoms with van der Waals surface area (Å²) in [6, 6.07) is 15.2. The lowest BCUT2D eigenvalue weighted by Gasteiger charge is -2.15. The van der Waals surface area contributed by atoms with Crippen molar-refractivity contribution in [2.24, 2.45) is 0 Å². The van der Waals surface area contributed by atoms with Gasteiger partial charge in [0.05, 0.1) is 11.5 Å². The van der Waals surface area contributed by atoms with E-state index >= 15 is 0 Å². The van der Waals surface area contributed by atoms with E-state index in [-0.39, 0.29) is 35.7 Å². The zero-order valence-electron chi connectivity index (χ0n) is 19.1. The van der Waals surface area contributed by atoms with Gasteiger partial charge < -0.3 is 4.74 Å². The molecule has 1 aliphatic heterocycles. The van der Waals surface area contributed by atoms with Crippen LogP contribution in [0.2, 0.25) is 0 Å². The number of fused-ring (bicyclic) bond motifs is 1. The number of Topliss-reactive ketones (excluding diaryl/α,β-unsaturated/α-hetero) is 1. The van der Waals surface area contributed by atoms with Gasteiger partial charge in [-0.3, -0.25) is 4.79 Å². The second-order valence-electron chi connectivity index (χ2n) is 8.24. The molecule has 3 aromatic carbocycles. The van der Waals surface area contributed by atoms with Crippen molar-refractivity contribution < 1.29 is 31.5 Å². The van der Waals surface area contributed by atoms with E-state index in [9.17, 15) is 26.8 Å². The molecule has 0 saturated heterocycles. The third-order valence-electron chi connectivity index (χ3n) is 5.85. The van der Waals surface area contributed by atoms with Crippen molar-refractivity contribution in [3.63, 3.8) is 0 Å². The molecule has 3 aromatic rings. The van der Waals surface area contributed by atoms with E-state index < -0.39 is 33.8 Å². The van der Waals surface area contributed by atoms with E-state index in [1.165, 1.54) is 23.4 Å². The van der Waals surface area contributed by atoms with Crippen LogP contribution in [0.4, 0.5) is 8.78 Å². The van der Waals surface area contributed by atoms with E-state index in [0.717, 1.165) is 22.8 Å². The Kier molecular flexibility index (Phi) is 6.82. The summed E-state index contributed by atoms with van der Waals surface area (Å²) in [7, 11) is -3.69. The minimum absolute atomic E-state index is 0.0814. The van der Waals surface area contributed by atoms with Crippen molar-refractivity contribution in [2.45, 2.75) is 38.0 Å². The fourth-order valence-corrected chi connectivity index (χ4v) is 5.33. The molecule has 0 fully saturated rings. The predicted octanol–water partition coefficient (Wildman–Crippen LogP) is 4.59. The largest absolute Gasteiger partial charge is 0.463 e. The van der Waals surface area contributed by atoms with Gasteiger partial charge >= 0.3 is 5.97 Å². The van der Waals surface area contributed by atoms with Crippen LogP contribution in [0.3, 0.4) is 0 Å². The Morgan fingerprint density at radius 2 is 1.69 bits per heavy atom. The molecule has 0 spiro atoms. The maximum Gasteiger partial charge on any atom is 0.348 e. The number of esters is 1. The highest BCUT2D eigenvalue weighted by molar-refractivity contribution is 7.89. The number of hydrogen-bond acceptors (Lipinski definition) is 5. The molecule has 0 aromatic heterocycles. The second-order valence-corrected chi connectivity index (χ2v) is 10.2. The molecule has 182 valence electrons. The van der Waals surface area contributed by atoms with Crippen LogP contribution in [-0.4, -0.2) is 37.3 Å². The number of rotatable bonds is 7. The Bertz CT molecular complexity index is 1400. The van der Waals surface area contributed by atoms with Gasteiger partial charge in [0, 0.05) is 24.2 Å². The van der Waals surface area contributed by atoms with Gasteiger partial charge in [0.25, 0.3) is 6.17 Å². The second kappa shape index (κ2) is 9.67. The molecule has 0 saturated carbocycles. The van der Waals surface area contributed by atoms with Crippen molar-refractivity contribution in [1.29, 1.82) is 0 Å². The Morgan fingerprint density at radius 3 is 2.34 bits per heavy atom. The highest BCUT2D eigenvalue weighted by atomic mass is 32.2. The number of sulfonamides is 1. The minimum atomic E-state index is -3.69. The molecule has 0 N–H and O–H groups in total.